The first kappa shape index (κ1) is 23.2. The van der Waals surface area contributed by atoms with Crippen LogP contribution in [0.2, 0.25) is 0 Å². The Kier molecular flexibility index (Phi) is 6.05. The first-order valence-corrected chi connectivity index (χ1v) is 13.6. The van der Waals surface area contributed by atoms with Crippen molar-refractivity contribution in [2.75, 3.05) is 14.2 Å². The summed E-state index contributed by atoms with van der Waals surface area (Å²) >= 11 is 3.69. The zero-order valence-corrected chi connectivity index (χ0v) is 22.8. The largest absolute Gasteiger partial charge is 0.496 e. The molecule has 1 atom stereocenters. The number of thiazole rings is 1. The number of hydrogen-bond acceptors (Lipinski definition) is 5. The van der Waals surface area contributed by atoms with E-state index in [4.69, 9.17) is 14.5 Å². The van der Waals surface area contributed by atoms with Gasteiger partial charge in [-0.3, -0.25) is 9.36 Å². The minimum absolute atomic E-state index is 0.0362. The fourth-order valence-electron chi connectivity index (χ4n) is 5.12. The van der Waals surface area contributed by atoms with Crippen molar-refractivity contribution in [3.8, 4) is 11.5 Å². The molecule has 1 aliphatic carbocycles. The number of ether oxygens (including phenoxy) is 2. The quantitative estimate of drug-likeness (QED) is 0.310. The molecule has 2 heterocycles. The third-order valence-corrected chi connectivity index (χ3v) is 8.61. The zero-order chi connectivity index (χ0) is 24.8. The maximum Gasteiger partial charge on any atom is 0.271 e. The summed E-state index contributed by atoms with van der Waals surface area (Å²) in [6, 6.07) is 22.1. The highest BCUT2D eigenvalue weighted by Gasteiger charge is 2.33. The van der Waals surface area contributed by atoms with E-state index in [1.54, 1.807) is 14.2 Å². The summed E-state index contributed by atoms with van der Waals surface area (Å²) in [5.74, 6) is 1.59. The Balaban J connectivity index is 1.62. The van der Waals surface area contributed by atoms with E-state index < -0.39 is 0 Å². The second-order valence-corrected chi connectivity index (χ2v) is 10.9. The number of hydrogen-bond donors (Lipinski definition) is 0. The van der Waals surface area contributed by atoms with E-state index >= 15 is 0 Å². The van der Waals surface area contributed by atoms with Crippen LogP contribution in [0.1, 0.15) is 34.7 Å². The summed E-state index contributed by atoms with van der Waals surface area (Å²) < 4.78 is 14.7. The van der Waals surface area contributed by atoms with Gasteiger partial charge in [-0.15, -0.1) is 0 Å². The predicted molar refractivity (Wildman–Crippen MR) is 151 cm³/mol. The van der Waals surface area contributed by atoms with E-state index in [-0.39, 0.29) is 11.6 Å². The molecule has 0 spiro atoms. The Labute approximate surface area is 226 Å². The average Bonchev–Trinajstić information content (AvgIpc) is 3.21. The first-order valence-electron chi connectivity index (χ1n) is 11.7. The van der Waals surface area contributed by atoms with Crippen LogP contribution < -0.4 is 24.4 Å². The van der Waals surface area contributed by atoms with Crippen LogP contribution in [0.3, 0.4) is 0 Å². The fourth-order valence-corrected chi connectivity index (χ4v) is 6.88. The minimum Gasteiger partial charge on any atom is -0.496 e. The van der Waals surface area contributed by atoms with E-state index in [1.165, 1.54) is 16.9 Å². The highest BCUT2D eigenvalue weighted by atomic mass is 127. The lowest BCUT2D eigenvalue weighted by Crippen LogP contribution is -2.39. The van der Waals surface area contributed by atoms with Crippen molar-refractivity contribution >= 4 is 45.7 Å². The number of allylic oxidation sites excluding steroid dienone is 1. The second kappa shape index (κ2) is 9.37. The number of para-hydroxylation sites is 1. The summed E-state index contributed by atoms with van der Waals surface area (Å²) in [5.41, 5.74) is 6.50. The minimum atomic E-state index is -0.265. The molecule has 36 heavy (non-hydrogen) atoms. The Hall–Kier alpha value is -3.17. The van der Waals surface area contributed by atoms with Crippen molar-refractivity contribution in [1.82, 2.24) is 4.57 Å². The van der Waals surface area contributed by atoms with E-state index in [2.05, 4.69) is 52.9 Å². The lowest BCUT2D eigenvalue weighted by Gasteiger charge is -2.31. The number of halogens is 1. The van der Waals surface area contributed by atoms with Crippen molar-refractivity contribution in [2.24, 2.45) is 4.99 Å². The Morgan fingerprint density at radius 1 is 1.00 bits per heavy atom. The van der Waals surface area contributed by atoms with Crippen LogP contribution in [-0.2, 0) is 6.42 Å². The SMILES string of the molecule is COc1ccc(/C=c2\sc3n(c2=O)C(c2ccccc2OC)C2=C(N=3)c3ccccc3CC2)cc1I. The van der Waals surface area contributed by atoms with Crippen molar-refractivity contribution in [3.05, 3.63) is 118 Å². The molecule has 2 aliphatic rings. The topological polar surface area (TPSA) is 52.8 Å². The molecule has 0 fully saturated rings. The van der Waals surface area contributed by atoms with Gasteiger partial charge in [-0.1, -0.05) is 59.9 Å². The standard InChI is InChI=1S/C29H23IN2O3S/c1-34-23-10-6-5-9-20(23)27-21-13-12-18-7-3-4-8-19(18)26(21)31-29-32(27)28(33)25(36-29)16-17-11-14-24(35-2)22(30)15-17/h3-11,14-16,27H,12-13H2,1-2H3/b25-16-. The molecule has 0 saturated heterocycles. The van der Waals surface area contributed by atoms with Gasteiger partial charge < -0.3 is 9.47 Å². The average molecular weight is 606 g/mol. The summed E-state index contributed by atoms with van der Waals surface area (Å²) in [4.78, 5) is 19.7. The van der Waals surface area contributed by atoms with Gasteiger partial charge in [0.2, 0.25) is 0 Å². The summed E-state index contributed by atoms with van der Waals surface area (Å²) in [6.07, 6.45) is 3.71. The number of fused-ring (bicyclic) bond motifs is 3. The lowest BCUT2D eigenvalue weighted by atomic mass is 9.83. The number of methoxy groups -OCH3 is 2. The smallest absolute Gasteiger partial charge is 0.271 e. The van der Waals surface area contributed by atoms with E-state index in [0.717, 1.165) is 55.9 Å². The second-order valence-electron chi connectivity index (χ2n) is 8.75. The monoisotopic (exact) mass is 606 g/mol. The number of aryl methyl sites for hydroxylation is 1. The third kappa shape index (κ3) is 3.81. The third-order valence-electron chi connectivity index (χ3n) is 6.78. The molecular weight excluding hydrogens is 583 g/mol. The van der Waals surface area contributed by atoms with Gasteiger partial charge >= 0.3 is 0 Å². The number of rotatable bonds is 4. The van der Waals surface area contributed by atoms with Gasteiger partial charge in [0.05, 0.1) is 34.1 Å². The fraction of sp³-hybridized carbons (Fsp3) is 0.172. The number of nitrogens with zero attached hydrogens (tertiary/aromatic N) is 2. The normalized spacial score (nSPS) is 16.6. The molecule has 180 valence electrons. The molecule has 0 radical (unpaired) electrons. The molecule has 0 bridgehead atoms. The van der Waals surface area contributed by atoms with E-state index in [0.29, 0.717) is 9.33 Å². The van der Waals surface area contributed by atoms with Gasteiger partial charge in [-0.05, 0) is 76.4 Å². The van der Waals surface area contributed by atoms with Crippen LogP contribution in [0.5, 0.6) is 11.5 Å². The zero-order valence-electron chi connectivity index (χ0n) is 19.8. The predicted octanol–water partition coefficient (Wildman–Crippen LogP) is 4.94. The Bertz CT molecular complexity index is 1720. The summed E-state index contributed by atoms with van der Waals surface area (Å²) in [5, 5.41) is 0. The first-order chi connectivity index (χ1) is 17.6. The van der Waals surface area contributed by atoms with Crippen molar-refractivity contribution in [1.29, 1.82) is 0 Å². The van der Waals surface area contributed by atoms with Crippen LogP contribution in [0.4, 0.5) is 0 Å². The van der Waals surface area contributed by atoms with Crippen LogP contribution >= 0.6 is 33.9 Å². The molecule has 4 aromatic rings. The molecule has 0 N–H and O–H groups in total. The van der Waals surface area contributed by atoms with Crippen molar-refractivity contribution < 1.29 is 9.47 Å². The molecule has 3 aromatic carbocycles. The number of benzene rings is 3. The van der Waals surface area contributed by atoms with Crippen LogP contribution in [0, 0.1) is 3.57 Å². The molecular formula is C29H23IN2O3S. The maximum atomic E-state index is 13.9. The van der Waals surface area contributed by atoms with Gasteiger partial charge in [0.1, 0.15) is 11.5 Å². The highest BCUT2D eigenvalue weighted by molar-refractivity contribution is 14.1. The van der Waals surface area contributed by atoms with Gasteiger partial charge in [0.25, 0.3) is 5.56 Å². The maximum absolute atomic E-state index is 13.9. The van der Waals surface area contributed by atoms with Crippen LogP contribution in [0.25, 0.3) is 11.8 Å². The Morgan fingerprint density at radius 2 is 1.78 bits per heavy atom. The molecule has 1 aromatic heterocycles. The highest BCUT2D eigenvalue weighted by Crippen LogP contribution is 2.43. The number of aromatic nitrogens is 1. The van der Waals surface area contributed by atoms with E-state index in [9.17, 15) is 4.79 Å². The van der Waals surface area contributed by atoms with E-state index in [1.807, 2.05) is 47.0 Å². The molecule has 6 rings (SSSR count). The summed E-state index contributed by atoms with van der Waals surface area (Å²) in [7, 11) is 3.34. The molecule has 1 aliphatic heterocycles. The van der Waals surface area contributed by atoms with Crippen molar-refractivity contribution in [2.45, 2.75) is 18.9 Å². The van der Waals surface area contributed by atoms with Gasteiger partial charge in [0, 0.05) is 11.1 Å². The van der Waals surface area contributed by atoms with Crippen molar-refractivity contribution in [3.63, 3.8) is 0 Å². The molecule has 1 unspecified atom stereocenters. The molecule has 5 nitrogen and oxygen atoms in total. The molecule has 0 amide bonds. The van der Waals surface area contributed by atoms with Crippen LogP contribution in [-0.4, -0.2) is 18.8 Å². The van der Waals surface area contributed by atoms with Crippen LogP contribution in [0.15, 0.2) is 82.1 Å². The van der Waals surface area contributed by atoms with Gasteiger partial charge in [0.15, 0.2) is 4.80 Å². The van der Waals surface area contributed by atoms with Gasteiger partial charge in [-0.2, -0.15) is 0 Å². The van der Waals surface area contributed by atoms with Gasteiger partial charge in [-0.25, -0.2) is 4.99 Å². The molecule has 7 heteroatoms. The molecule has 0 saturated carbocycles. The summed E-state index contributed by atoms with van der Waals surface area (Å²) in [6.45, 7) is 0. The lowest BCUT2D eigenvalue weighted by molar-refractivity contribution is 0.402. The Morgan fingerprint density at radius 3 is 2.58 bits per heavy atom.